The summed E-state index contributed by atoms with van der Waals surface area (Å²) in [5.74, 6) is 0.715. The number of hydrogen-bond acceptors (Lipinski definition) is 3. The second-order valence-corrected chi connectivity index (χ2v) is 5.35. The average molecular weight is 253 g/mol. The van der Waals surface area contributed by atoms with E-state index in [9.17, 15) is 0 Å². The zero-order valence-corrected chi connectivity index (χ0v) is 10.5. The van der Waals surface area contributed by atoms with Crippen LogP contribution in [-0.2, 0) is 6.54 Å². The standard InChI is InChI=1S/C13H17ClN2O/c14-12-8-16-13(17-11-2-1-3-11)6-9(12)7-15-10-4-5-10/h6,8,10-11,15H,1-5,7H2. The third-order valence-corrected chi connectivity index (χ3v) is 3.75. The molecule has 2 fully saturated rings. The van der Waals surface area contributed by atoms with Crippen LogP contribution in [0, 0.1) is 0 Å². The Morgan fingerprint density at radius 1 is 1.35 bits per heavy atom. The van der Waals surface area contributed by atoms with Crippen LogP contribution >= 0.6 is 11.6 Å². The number of rotatable bonds is 5. The minimum absolute atomic E-state index is 0.368. The van der Waals surface area contributed by atoms with E-state index in [1.54, 1.807) is 6.20 Å². The first-order chi connectivity index (χ1) is 8.31. The molecule has 0 atom stereocenters. The van der Waals surface area contributed by atoms with Crippen LogP contribution in [0.1, 0.15) is 37.7 Å². The van der Waals surface area contributed by atoms with Crippen LogP contribution < -0.4 is 10.1 Å². The van der Waals surface area contributed by atoms with Crippen molar-refractivity contribution in [2.24, 2.45) is 0 Å². The molecule has 3 rings (SSSR count). The third kappa shape index (κ3) is 2.90. The number of hydrogen-bond donors (Lipinski definition) is 1. The van der Waals surface area contributed by atoms with Crippen LogP contribution in [0.25, 0.3) is 0 Å². The van der Waals surface area contributed by atoms with Crippen molar-refractivity contribution in [1.29, 1.82) is 0 Å². The minimum Gasteiger partial charge on any atom is -0.474 e. The van der Waals surface area contributed by atoms with Crippen LogP contribution in [0.3, 0.4) is 0 Å². The highest BCUT2D eigenvalue weighted by Gasteiger charge is 2.22. The molecule has 0 aromatic carbocycles. The lowest BCUT2D eigenvalue weighted by atomic mass is 9.96. The number of ether oxygens (including phenoxy) is 1. The normalized spacial score (nSPS) is 20.1. The second kappa shape index (κ2) is 4.83. The van der Waals surface area contributed by atoms with Crippen LogP contribution in [0.15, 0.2) is 12.3 Å². The lowest BCUT2D eigenvalue weighted by Crippen LogP contribution is -2.25. The van der Waals surface area contributed by atoms with Gasteiger partial charge in [0.25, 0.3) is 0 Å². The number of aromatic nitrogens is 1. The van der Waals surface area contributed by atoms with Crippen molar-refractivity contribution >= 4 is 11.6 Å². The first-order valence-electron chi connectivity index (χ1n) is 6.36. The number of nitrogens with zero attached hydrogens (tertiary/aromatic N) is 1. The summed E-state index contributed by atoms with van der Waals surface area (Å²) in [6.45, 7) is 0.813. The van der Waals surface area contributed by atoms with Gasteiger partial charge in [0, 0.05) is 24.8 Å². The molecule has 3 nitrogen and oxygen atoms in total. The molecular formula is C13H17ClN2O. The quantitative estimate of drug-likeness (QED) is 0.875. The number of nitrogens with one attached hydrogen (secondary N) is 1. The summed E-state index contributed by atoms with van der Waals surface area (Å²) in [6, 6.07) is 2.66. The molecule has 2 aliphatic carbocycles. The van der Waals surface area contributed by atoms with Crippen LogP contribution in [-0.4, -0.2) is 17.1 Å². The maximum absolute atomic E-state index is 6.13. The highest BCUT2D eigenvalue weighted by Crippen LogP contribution is 2.27. The Kier molecular flexibility index (Phi) is 3.21. The van der Waals surface area contributed by atoms with E-state index in [0.717, 1.165) is 30.0 Å². The van der Waals surface area contributed by atoms with Gasteiger partial charge in [-0.3, -0.25) is 0 Å². The largest absolute Gasteiger partial charge is 0.474 e. The highest BCUT2D eigenvalue weighted by atomic mass is 35.5. The third-order valence-electron chi connectivity index (χ3n) is 3.41. The van der Waals surface area contributed by atoms with Gasteiger partial charge in [0.15, 0.2) is 0 Å². The van der Waals surface area contributed by atoms with Crippen molar-refractivity contribution in [1.82, 2.24) is 10.3 Å². The summed E-state index contributed by atoms with van der Waals surface area (Å²) >= 11 is 6.13. The monoisotopic (exact) mass is 252 g/mol. The molecule has 0 saturated heterocycles. The van der Waals surface area contributed by atoms with Gasteiger partial charge in [0.2, 0.25) is 5.88 Å². The van der Waals surface area contributed by atoms with Gasteiger partial charge in [-0.05, 0) is 37.7 Å². The molecule has 2 aliphatic rings. The van der Waals surface area contributed by atoms with Crippen LogP contribution in [0.5, 0.6) is 5.88 Å². The van der Waals surface area contributed by atoms with E-state index < -0.39 is 0 Å². The molecule has 17 heavy (non-hydrogen) atoms. The molecule has 1 aromatic heterocycles. The molecule has 4 heteroatoms. The molecule has 1 aromatic rings. The van der Waals surface area contributed by atoms with E-state index in [4.69, 9.17) is 16.3 Å². The average Bonchev–Trinajstić information content (AvgIpc) is 3.07. The summed E-state index contributed by atoms with van der Waals surface area (Å²) in [4.78, 5) is 4.22. The fourth-order valence-electron chi connectivity index (χ4n) is 1.86. The first kappa shape index (κ1) is 11.3. The molecule has 0 amide bonds. The lowest BCUT2D eigenvalue weighted by molar-refractivity contribution is 0.114. The SMILES string of the molecule is Clc1cnc(OC2CCC2)cc1CNC1CC1. The molecule has 1 N–H and O–H groups in total. The fourth-order valence-corrected chi connectivity index (χ4v) is 2.03. The predicted molar refractivity (Wildman–Crippen MR) is 67.4 cm³/mol. The molecule has 0 spiro atoms. The Bertz CT molecular complexity index is 402. The van der Waals surface area contributed by atoms with Gasteiger partial charge < -0.3 is 10.1 Å². The number of halogens is 1. The van der Waals surface area contributed by atoms with Crippen molar-refractivity contribution in [3.05, 3.63) is 22.8 Å². The van der Waals surface area contributed by atoms with Crippen molar-refractivity contribution in [3.8, 4) is 5.88 Å². The molecule has 0 unspecified atom stereocenters. The first-order valence-corrected chi connectivity index (χ1v) is 6.73. The number of pyridine rings is 1. The molecule has 2 saturated carbocycles. The molecular weight excluding hydrogens is 236 g/mol. The van der Waals surface area contributed by atoms with E-state index in [2.05, 4.69) is 10.3 Å². The van der Waals surface area contributed by atoms with Crippen LogP contribution in [0.4, 0.5) is 0 Å². The summed E-state index contributed by atoms with van der Waals surface area (Å²) < 4.78 is 5.77. The Morgan fingerprint density at radius 2 is 2.18 bits per heavy atom. The molecule has 0 radical (unpaired) electrons. The fraction of sp³-hybridized carbons (Fsp3) is 0.615. The topological polar surface area (TPSA) is 34.1 Å². The maximum Gasteiger partial charge on any atom is 0.213 e. The van der Waals surface area contributed by atoms with Crippen molar-refractivity contribution in [2.75, 3.05) is 0 Å². The van der Waals surface area contributed by atoms with Gasteiger partial charge in [0.1, 0.15) is 6.10 Å². The molecule has 0 aliphatic heterocycles. The van der Waals surface area contributed by atoms with Crippen molar-refractivity contribution in [3.63, 3.8) is 0 Å². The van der Waals surface area contributed by atoms with Crippen LogP contribution in [0.2, 0.25) is 5.02 Å². The van der Waals surface area contributed by atoms with E-state index in [1.165, 1.54) is 19.3 Å². The second-order valence-electron chi connectivity index (χ2n) is 4.94. The maximum atomic E-state index is 6.13. The predicted octanol–water partition coefficient (Wildman–Crippen LogP) is 2.92. The smallest absolute Gasteiger partial charge is 0.213 e. The van der Waals surface area contributed by atoms with Gasteiger partial charge >= 0.3 is 0 Å². The van der Waals surface area contributed by atoms with Gasteiger partial charge in [0.05, 0.1) is 5.02 Å². The summed E-state index contributed by atoms with van der Waals surface area (Å²) in [5, 5.41) is 4.18. The van der Waals surface area contributed by atoms with E-state index in [0.29, 0.717) is 18.0 Å². The Labute approximate surface area is 107 Å². The Morgan fingerprint density at radius 3 is 2.82 bits per heavy atom. The zero-order chi connectivity index (χ0) is 11.7. The summed E-state index contributed by atoms with van der Waals surface area (Å²) in [6.07, 6.45) is 8.21. The lowest BCUT2D eigenvalue weighted by Gasteiger charge is -2.25. The zero-order valence-electron chi connectivity index (χ0n) is 9.79. The molecule has 1 heterocycles. The van der Waals surface area contributed by atoms with Gasteiger partial charge in [-0.25, -0.2) is 4.98 Å². The molecule has 0 bridgehead atoms. The molecule has 92 valence electrons. The van der Waals surface area contributed by atoms with E-state index >= 15 is 0 Å². The van der Waals surface area contributed by atoms with Gasteiger partial charge in [-0.2, -0.15) is 0 Å². The minimum atomic E-state index is 0.368. The highest BCUT2D eigenvalue weighted by molar-refractivity contribution is 6.31. The summed E-state index contributed by atoms with van der Waals surface area (Å²) in [5.41, 5.74) is 1.09. The van der Waals surface area contributed by atoms with Crippen molar-refractivity contribution < 1.29 is 4.74 Å². The Hall–Kier alpha value is -0.800. The van der Waals surface area contributed by atoms with Crippen molar-refractivity contribution in [2.45, 2.75) is 50.8 Å². The summed E-state index contributed by atoms with van der Waals surface area (Å²) in [7, 11) is 0. The van der Waals surface area contributed by atoms with E-state index in [1.807, 2.05) is 6.07 Å². The van der Waals surface area contributed by atoms with Gasteiger partial charge in [-0.15, -0.1) is 0 Å². The Balaban J connectivity index is 1.64. The van der Waals surface area contributed by atoms with Gasteiger partial charge in [-0.1, -0.05) is 11.6 Å². The van der Waals surface area contributed by atoms with E-state index in [-0.39, 0.29) is 0 Å².